The summed E-state index contributed by atoms with van der Waals surface area (Å²) in [6, 6.07) is 3.65. The molecule has 3 rings (SSSR count). The lowest BCUT2D eigenvalue weighted by molar-refractivity contribution is 0.521. The summed E-state index contributed by atoms with van der Waals surface area (Å²) in [6.07, 6.45) is 2.90. The average molecular weight is 341 g/mol. The molecule has 0 saturated carbocycles. The van der Waals surface area contributed by atoms with E-state index in [2.05, 4.69) is 0 Å². The highest BCUT2D eigenvalue weighted by atomic mass is 32.3. The van der Waals surface area contributed by atoms with Gasteiger partial charge in [0.25, 0.3) is 0 Å². The molecule has 1 atom stereocenters. The third-order valence-electron chi connectivity index (χ3n) is 3.28. The fraction of sp³-hybridized carbons (Fsp3) is 0.214. The van der Waals surface area contributed by atoms with Crippen LogP contribution in [-0.2, 0) is 10.0 Å². The van der Waals surface area contributed by atoms with Crippen molar-refractivity contribution in [1.82, 2.24) is 4.31 Å². The molecule has 116 valence electrons. The SMILES string of the molecule is CN(C)S(=O)(=O)C1C=Cc2oc3cc(F)ccc3c(=O)c2S1. The first-order valence-electron chi connectivity index (χ1n) is 6.33. The van der Waals surface area contributed by atoms with E-state index in [9.17, 15) is 17.6 Å². The number of nitrogens with zero attached hydrogens (tertiary/aromatic N) is 1. The van der Waals surface area contributed by atoms with Gasteiger partial charge in [0.15, 0.2) is 0 Å². The molecule has 8 heteroatoms. The van der Waals surface area contributed by atoms with Crippen LogP contribution in [0.4, 0.5) is 4.39 Å². The van der Waals surface area contributed by atoms with Crippen molar-refractivity contribution in [2.24, 2.45) is 0 Å². The second-order valence-corrected chi connectivity index (χ2v) is 8.66. The van der Waals surface area contributed by atoms with Crippen LogP contribution in [0.3, 0.4) is 0 Å². The van der Waals surface area contributed by atoms with Gasteiger partial charge in [0.05, 0.1) is 10.3 Å². The minimum absolute atomic E-state index is 0.142. The summed E-state index contributed by atoms with van der Waals surface area (Å²) in [5, 5.41) is 0.226. The van der Waals surface area contributed by atoms with Crippen molar-refractivity contribution < 1.29 is 17.2 Å². The van der Waals surface area contributed by atoms with E-state index in [1.165, 1.54) is 38.4 Å². The molecule has 0 N–H and O–H groups in total. The maximum absolute atomic E-state index is 13.2. The zero-order valence-corrected chi connectivity index (χ0v) is 13.4. The van der Waals surface area contributed by atoms with Crippen molar-refractivity contribution in [1.29, 1.82) is 0 Å². The van der Waals surface area contributed by atoms with Gasteiger partial charge in [-0.15, -0.1) is 0 Å². The van der Waals surface area contributed by atoms with Crippen LogP contribution in [0.1, 0.15) is 5.76 Å². The van der Waals surface area contributed by atoms with E-state index in [0.717, 1.165) is 22.1 Å². The highest BCUT2D eigenvalue weighted by molar-refractivity contribution is 8.13. The van der Waals surface area contributed by atoms with E-state index in [1.807, 2.05) is 0 Å². The van der Waals surface area contributed by atoms with Gasteiger partial charge in [-0.05, 0) is 18.2 Å². The van der Waals surface area contributed by atoms with Crippen molar-refractivity contribution in [2.75, 3.05) is 14.1 Å². The molecule has 2 heterocycles. The second kappa shape index (κ2) is 5.22. The molecule has 0 aliphatic carbocycles. The zero-order chi connectivity index (χ0) is 16.1. The fourth-order valence-corrected chi connectivity index (χ4v) is 4.89. The molecule has 1 aliphatic rings. The summed E-state index contributed by atoms with van der Waals surface area (Å²) in [4.78, 5) is 12.7. The van der Waals surface area contributed by atoms with Gasteiger partial charge < -0.3 is 4.42 Å². The van der Waals surface area contributed by atoms with Crippen molar-refractivity contribution in [3.8, 4) is 0 Å². The molecule has 1 aromatic heterocycles. The van der Waals surface area contributed by atoms with Gasteiger partial charge in [0, 0.05) is 20.2 Å². The molecule has 2 aromatic rings. The Morgan fingerprint density at radius 3 is 2.73 bits per heavy atom. The van der Waals surface area contributed by atoms with Crippen molar-refractivity contribution in [3.05, 3.63) is 46.1 Å². The Morgan fingerprint density at radius 2 is 2.05 bits per heavy atom. The van der Waals surface area contributed by atoms with Crippen molar-refractivity contribution >= 4 is 38.8 Å². The van der Waals surface area contributed by atoms with Crippen LogP contribution in [0.15, 0.2) is 38.4 Å². The lowest BCUT2D eigenvalue weighted by atomic mass is 10.2. The van der Waals surface area contributed by atoms with Gasteiger partial charge >= 0.3 is 0 Å². The number of benzene rings is 1. The summed E-state index contributed by atoms with van der Waals surface area (Å²) in [5.41, 5.74) is -0.215. The number of rotatable bonds is 2. The number of halogens is 1. The van der Waals surface area contributed by atoms with Crippen LogP contribution in [0.5, 0.6) is 0 Å². The number of thioether (sulfide) groups is 1. The standard InChI is InChI=1S/C14H12FNO4S2/c1-16(2)22(18,19)12-6-5-10-14(21-12)13(17)9-4-3-8(15)7-11(9)20-10/h3-7,12H,1-2H3. The quantitative estimate of drug-likeness (QED) is 0.838. The predicted octanol–water partition coefficient (Wildman–Crippen LogP) is 2.27. The lowest BCUT2D eigenvalue weighted by Gasteiger charge is -2.21. The molecule has 1 unspecified atom stereocenters. The van der Waals surface area contributed by atoms with Gasteiger partial charge in [-0.25, -0.2) is 17.1 Å². The van der Waals surface area contributed by atoms with Crippen LogP contribution in [0.2, 0.25) is 0 Å². The summed E-state index contributed by atoms with van der Waals surface area (Å²) in [7, 11) is -0.680. The van der Waals surface area contributed by atoms with E-state index >= 15 is 0 Å². The van der Waals surface area contributed by atoms with Crippen LogP contribution >= 0.6 is 11.8 Å². The first-order valence-corrected chi connectivity index (χ1v) is 8.71. The summed E-state index contributed by atoms with van der Waals surface area (Å²) >= 11 is 0.921. The first-order chi connectivity index (χ1) is 10.3. The van der Waals surface area contributed by atoms with Gasteiger partial charge in [0.1, 0.15) is 21.7 Å². The zero-order valence-electron chi connectivity index (χ0n) is 11.7. The van der Waals surface area contributed by atoms with Gasteiger partial charge in [-0.2, -0.15) is 0 Å². The van der Waals surface area contributed by atoms with Crippen molar-refractivity contribution in [3.63, 3.8) is 0 Å². The fourth-order valence-electron chi connectivity index (χ4n) is 2.08. The van der Waals surface area contributed by atoms with Gasteiger partial charge in [-0.1, -0.05) is 17.8 Å². The molecular formula is C14H12FNO4S2. The minimum Gasteiger partial charge on any atom is -0.455 e. The Labute approximate surface area is 130 Å². The lowest BCUT2D eigenvalue weighted by Crippen LogP contribution is -2.31. The number of sulfonamides is 1. The van der Waals surface area contributed by atoms with E-state index < -0.39 is 20.4 Å². The smallest absolute Gasteiger partial charge is 0.229 e. The topological polar surface area (TPSA) is 67.6 Å². The molecule has 22 heavy (non-hydrogen) atoms. The molecule has 0 amide bonds. The second-order valence-electron chi connectivity index (χ2n) is 4.94. The predicted molar refractivity (Wildman–Crippen MR) is 83.7 cm³/mol. The van der Waals surface area contributed by atoms with Crippen LogP contribution in [0.25, 0.3) is 17.0 Å². The van der Waals surface area contributed by atoms with E-state index in [0.29, 0.717) is 0 Å². The average Bonchev–Trinajstić information content (AvgIpc) is 2.46. The molecule has 5 nitrogen and oxygen atoms in total. The molecule has 1 aliphatic heterocycles. The molecule has 0 bridgehead atoms. The molecule has 0 spiro atoms. The molecule has 0 saturated heterocycles. The first kappa shape index (κ1) is 15.3. The minimum atomic E-state index is -3.55. The highest BCUT2D eigenvalue weighted by Crippen LogP contribution is 2.36. The third-order valence-corrected chi connectivity index (χ3v) is 7.07. The van der Waals surface area contributed by atoms with Gasteiger partial charge in [-0.3, -0.25) is 4.79 Å². The summed E-state index contributed by atoms with van der Waals surface area (Å²) in [6.45, 7) is 0. The van der Waals surface area contributed by atoms with E-state index in [-0.39, 0.29) is 27.1 Å². The number of hydrogen-bond donors (Lipinski definition) is 0. The molecule has 0 fully saturated rings. The van der Waals surface area contributed by atoms with E-state index in [4.69, 9.17) is 4.42 Å². The number of fused-ring (bicyclic) bond motifs is 2. The van der Waals surface area contributed by atoms with Crippen molar-refractivity contribution in [2.45, 2.75) is 9.48 Å². The molecule has 0 radical (unpaired) electrons. The normalized spacial score (nSPS) is 17.9. The van der Waals surface area contributed by atoms with Gasteiger partial charge in [0.2, 0.25) is 15.5 Å². The maximum atomic E-state index is 13.2. The Hall–Kier alpha value is -1.64. The Bertz CT molecular complexity index is 947. The molecule has 1 aromatic carbocycles. The maximum Gasteiger partial charge on any atom is 0.229 e. The summed E-state index contributed by atoms with van der Waals surface area (Å²) < 4.78 is 43.3. The summed E-state index contributed by atoms with van der Waals surface area (Å²) in [5.74, 6) is -0.255. The third kappa shape index (κ3) is 2.37. The Morgan fingerprint density at radius 1 is 1.32 bits per heavy atom. The monoisotopic (exact) mass is 341 g/mol. The van der Waals surface area contributed by atoms with Crippen LogP contribution in [-0.4, -0.2) is 31.4 Å². The Kier molecular flexibility index (Phi) is 3.62. The Balaban J connectivity index is 2.17. The van der Waals surface area contributed by atoms with Crippen LogP contribution in [0, 0.1) is 5.82 Å². The van der Waals surface area contributed by atoms with E-state index in [1.54, 1.807) is 0 Å². The van der Waals surface area contributed by atoms with Crippen LogP contribution < -0.4 is 5.43 Å². The largest absolute Gasteiger partial charge is 0.455 e. The number of hydrogen-bond acceptors (Lipinski definition) is 5. The molecular weight excluding hydrogens is 329 g/mol. The highest BCUT2D eigenvalue weighted by Gasteiger charge is 2.31.